The largest absolute Gasteiger partial charge is 0.480 e. The zero-order chi connectivity index (χ0) is 15.7. The molecule has 1 saturated carbocycles. The Kier molecular flexibility index (Phi) is 4.45. The molecule has 1 rings (SSSR count). The first-order valence-corrected chi connectivity index (χ1v) is 5.38. The Morgan fingerprint density at radius 2 is 1.90 bits per heavy atom. The van der Waals surface area contributed by atoms with E-state index in [1.165, 1.54) is 0 Å². The molecule has 20 heavy (non-hydrogen) atoms. The molecule has 4 nitrogen and oxygen atoms in total. The highest BCUT2D eigenvalue weighted by atomic mass is 19.3. The lowest BCUT2D eigenvalue weighted by Gasteiger charge is -2.37. The second-order valence-corrected chi connectivity index (χ2v) is 4.25. The van der Waals surface area contributed by atoms with Crippen molar-refractivity contribution in [2.24, 2.45) is 10.9 Å². The molecule has 114 valence electrons. The number of nitrogens with zero attached hydrogens (tertiary/aromatic N) is 1. The lowest BCUT2D eigenvalue weighted by atomic mass is 9.78. The number of rotatable bonds is 4. The van der Waals surface area contributed by atoms with Crippen LogP contribution in [0, 0.1) is 11.3 Å². The third-order valence-electron chi connectivity index (χ3n) is 2.77. The summed E-state index contributed by atoms with van der Waals surface area (Å²) in [6.07, 6.45) is -6.38. The van der Waals surface area contributed by atoms with Gasteiger partial charge in [-0.2, -0.15) is 8.78 Å². The predicted octanol–water partition coefficient (Wildman–Crippen LogP) is 2.48. The van der Waals surface area contributed by atoms with Crippen molar-refractivity contribution in [2.45, 2.75) is 31.1 Å². The van der Waals surface area contributed by atoms with E-state index in [4.69, 9.17) is 10.5 Å². The zero-order valence-corrected chi connectivity index (χ0v) is 9.85. The Balaban J connectivity index is 3.28. The molecule has 2 N–H and O–H groups in total. The molecule has 0 aliphatic heterocycles. The summed E-state index contributed by atoms with van der Waals surface area (Å²) in [7, 11) is 0. The van der Waals surface area contributed by atoms with Crippen molar-refractivity contribution in [2.75, 3.05) is 6.54 Å². The van der Waals surface area contributed by atoms with Gasteiger partial charge >= 0.3 is 5.97 Å². The highest BCUT2D eigenvalue weighted by Gasteiger charge is 2.59. The van der Waals surface area contributed by atoms with Crippen molar-refractivity contribution in [3.05, 3.63) is 0 Å². The van der Waals surface area contributed by atoms with Crippen LogP contribution in [0.3, 0.4) is 0 Å². The number of aliphatic imine (C=N–C) groups is 1. The number of halogens is 6. The Labute approximate surface area is 109 Å². The monoisotopic (exact) mass is 304 g/mol. The van der Waals surface area contributed by atoms with Gasteiger partial charge in [-0.25, -0.2) is 17.6 Å². The Hall–Kier alpha value is -1.61. The van der Waals surface area contributed by atoms with Crippen molar-refractivity contribution in [1.29, 1.82) is 5.41 Å². The van der Waals surface area contributed by atoms with E-state index in [1.807, 2.05) is 0 Å². The van der Waals surface area contributed by atoms with Crippen LogP contribution >= 0.6 is 0 Å². The molecule has 0 radical (unpaired) electrons. The van der Waals surface area contributed by atoms with Crippen LogP contribution < -0.4 is 0 Å². The van der Waals surface area contributed by atoms with Crippen LogP contribution in [0.5, 0.6) is 0 Å². The maximum Gasteiger partial charge on any atom is 0.325 e. The normalized spacial score (nSPS) is 26.8. The maximum atomic E-state index is 13.6. The summed E-state index contributed by atoms with van der Waals surface area (Å²) in [5.74, 6) is -12.5. The topological polar surface area (TPSA) is 73.5 Å². The van der Waals surface area contributed by atoms with Crippen LogP contribution in [0.4, 0.5) is 26.3 Å². The van der Waals surface area contributed by atoms with Gasteiger partial charge in [-0.3, -0.25) is 9.79 Å². The van der Waals surface area contributed by atoms with Crippen LogP contribution in [-0.2, 0) is 4.79 Å². The van der Waals surface area contributed by atoms with E-state index in [2.05, 4.69) is 4.99 Å². The highest BCUT2D eigenvalue weighted by molar-refractivity contribution is 6.12. The molecule has 1 aliphatic rings. The first-order chi connectivity index (χ1) is 8.99. The molecule has 0 aromatic heterocycles. The van der Waals surface area contributed by atoms with Gasteiger partial charge in [-0.05, 0) is 0 Å². The fourth-order valence-electron chi connectivity index (χ4n) is 1.87. The molecule has 0 aromatic rings. The summed E-state index contributed by atoms with van der Waals surface area (Å²) in [4.78, 5) is 13.1. The van der Waals surface area contributed by atoms with Gasteiger partial charge in [-0.15, -0.1) is 0 Å². The van der Waals surface area contributed by atoms with Crippen LogP contribution in [0.2, 0.25) is 0 Å². The van der Waals surface area contributed by atoms with Crippen molar-refractivity contribution < 1.29 is 36.2 Å². The van der Waals surface area contributed by atoms with Gasteiger partial charge in [0.1, 0.15) is 12.5 Å². The van der Waals surface area contributed by atoms with E-state index in [0.717, 1.165) is 0 Å². The van der Waals surface area contributed by atoms with E-state index in [0.29, 0.717) is 0 Å². The van der Waals surface area contributed by atoms with Gasteiger partial charge in [0, 0.05) is 12.8 Å². The molecular formula is C10H10F6N2O2. The second kappa shape index (κ2) is 5.41. The molecule has 0 aromatic carbocycles. The van der Waals surface area contributed by atoms with E-state index in [1.54, 1.807) is 0 Å². The molecule has 1 aliphatic carbocycles. The summed E-state index contributed by atoms with van der Waals surface area (Å²) in [6.45, 7) is -1.26. The second-order valence-electron chi connectivity index (χ2n) is 4.25. The van der Waals surface area contributed by atoms with E-state index >= 15 is 0 Å². The number of alkyl halides is 6. The van der Waals surface area contributed by atoms with Gasteiger partial charge < -0.3 is 10.5 Å². The molecule has 1 atom stereocenters. The number of nitrogens with one attached hydrogen (secondary N) is 1. The van der Waals surface area contributed by atoms with E-state index < -0.39 is 61.0 Å². The first-order valence-electron chi connectivity index (χ1n) is 5.38. The number of carboxylic acid groups (broad SMARTS) is 1. The Bertz CT molecular complexity index is 449. The number of hydrogen-bond acceptors (Lipinski definition) is 3. The molecule has 0 spiro atoms. The Morgan fingerprint density at radius 3 is 2.35 bits per heavy atom. The lowest BCUT2D eigenvalue weighted by Crippen LogP contribution is -2.54. The summed E-state index contributed by atoms with van der Waals surface area (Å²) >= 11 is 0. The molecule has 10 heteroatoms. The van der Waals surface area contributed by atoms with Crippen LogP contribution in [0.25, 0.3) is 0 Å². The van der Waals surface area contributed by atoms with Crippen LogP contribution in [0.1, 0.15) is 12.8 Å². The van der Waals surface area contributed by atoms with Gasteiger partial charge in [-0.1, -0.05) is 0 Å². The molecular weight excluding hydrogens is 294 g/mol. The number of carbonyl (C=O) groups is 1. The van der Waals surface area contributed by atoms with Crippen LogP contribution in [-0.4, -0.2) is 47.3 Å². The molecule has 1 fully saturated rings. The highest BCUT2D eigenvalue weighted by Crippen LogP contribution is 2.45. The summed E-state index contributed by atoms with van der Waals surface area (Å²) in [5, 5.41) is 15.2. The molecule has 0 saturated heterocycles. The molecule has 0 amide bonds. The average molecular weight is 304 g/mol. The molecule has 1 unspecified atom stereocenters. The minimum Gasteiger partial charge on any atom is -0.480 e. The fourth-order valence-corrected chi connectivity index (χ4v) is 1.87. The zero-order valence-electron chi connectivity index (χ0n) is 9.85. The van der Waals surface area contributed by atoms with Crippen molar-refractivity contribution in [3.8, 4) is 0 Å². The van der Waals surface area contributed by atoms with Crippen molar-refractivity contribution >= 4 is 17.4 Å². The van der Waals surface area contributed by atoms with Gasteiger partial charge in [0.05, 0.1) is 11.4 Å². The first kappa shape index (κ1) is 16.4. The smallest absolute Gasteiger partial charge is 0.325 e. The van der Waals surface area contributed by atoms with Gasteiger partial charge in [0.25, 0.3) is 18.3 Å². The summed E-state index contributed by atoms with van der Waals surface area (Å²) in [5.41, 5.74) is -3.56. The van der Waals surface area contributed by atoms with E-state index in [9.17, 15) is 31.1 Å². The van der Waals surface area contributed by atoms with Crippen LogP contribution in [0.15, 0.2) is 4.99 Å². The van der Waals surface area contributed by atoms with Gasteiger partial charge in [0.15, 0.2) is 0 Å². The standard InChI is InChI=1S/C10H10F6N2O2/c11-8(12)6(17)5-7(18-3-4(19)20)10(15,16)2-1-9(5,13)14/h5,8,17H,1-3H2,(H,19,20). The Morgan fingerprint density at radius 1 is 1.35 bits per heavy atom. The number of hydrogen-bond donors (Lipinski definition) is 2. The molecule has 0 bridgehead atoms. The predicted molar refractivity (Wildman–Crippen MR) is 56.3 cm³/mol. The summed E-state index contributed by atoms with van der Waals surface area (Å²) in [6, 6.07) is 0. The third kappa shape index (κ3) is 3.28. The van der Waals surface area contributed by atoms with Crippen molar-refractivity contribution in [1.82, 2.24) is 0 Å². The fraction of sp³-hybridized carbons (Fsp3) is 0.700. The lowest BCUT2D eigenvalue weighted by molar-refractivity contribution is -0.135. The van der Waals surface area contributed by atoms with Gasteiger partial charge in [0.2, 0.25) is 0 Å². The van der Waals surface area contributed by atoms with E-state index in [-0.39, 0.29) is 0 Å². The minimum absolute atomic E-state index is 1.26. The quantitative estimate of drug-likeness (QED) is 0.618. The summed E-state index contributed by atoms with van der Waals surface area (Å²) < 4.78 is 79.0. The maximum absolute atomic E-state index is 13.6. The number of aliphatic carboxylic acids is 1. The SMILES string of the molecule is N=C(C(F)F)C1C(=NCC(=O)O)C(F)(F)CCC1(F)F. The molecule has 0 heterocycles. The minimum atomic E-state index is -3.99. The average Bonchev–Trinajstić information content (AvgIpc) is 2.29. The number of carboxylic acids is 1. The van der Waals surface area contributed by atoms with Crippen molar-refractivity contribution in [3.63, 3.8) is 0 Å². The third-order valence-corrected chi connectivity index (χ3v) is 2.77.